The molecule has 0 radical (unpaired) electrons. The van der Waals surface area contributed by atoms with E-state index >= 15 is 0 Å². The SMILES string of the molecule is BrPC=C(c1ccccc1)N1CCCCC1. The minimum Gasteiger partial charge on any atom is -0.371 e. The monoisotopic (exact) mass is 297 g/mol. The Morgan fingerprint density at radius 1 is 1.12 bits per heavy atom. The van der Waals surface area contributed by atoms with E-state index in [1.165, 1.54) is 43.6 Å². The highest BCUT2D eigenvalue weighted by atomic mass is 79.9. The lowest BCUT2D eigenvalue weighted by Gasteiger charge is -2.31. The second-order valence-corrected chi connectivity index (χ2v) is 5.93. The predicted molar refractivity (Wildman–Crippen MR) is 77.1 cm³/mol. The van der Waals surface area contributed by atoms with Crippen LogP contribution in [-0.4, -0.2) is 18.0 Å². The van der Waals surface area contributed by atoms with Crippen molar-refractivity contribution >= 4 is 28.5 Å². The van der Waals surface area contributed by atoms with Gasteiger partial charge in [-0.3, -0.25) is 0 Å². The van der Waals surface area contributed by atoms with Crippen LogP contribution in [0.15, 0.2) is 36.1 Å². The second-order valence-electron chi connectivity index (χ2n) is 4.05. The molecule has 1 atom stereocenters. The van der Waals surface area contributed by atoms with E-state index in [-0.39, 0.29) is 0 Å². The van der Waals surface area contributed by atoms with Gasteiger partial charge >= 0.3 is 0 Å². The summed E-state index contributed by atoms with van der Waals surface area (Å²) >= 11 is 3.54. The molecule has 0 spiro atoms. The van der Waals surface area contributed by atoms with Gasteiger partial charge in [0.05, 0.1) is 0 Å². The van der Waals surface area contributed by atoms with E-state index in [0.717, 1.165) is 0 Å². The Kier molecular flexibility index (Phi) is 4.87. The van der Waals surface area contributed by atoms with Gasteiger partial charge in [0.2, 0.25) is 0 Å². The maximum Gasteiger partial charge on any atom is 0.0450 e. The van der Waals surface area contributed by atoms with Crippen LogP contribution < -0.4 is 0 Å². The first kappa shape index (κ1) is 12.1. The normalized spacial score (nSPS) is 18.3. The third kappa shape index (κ3) is 3.09. The van der Waals surface area contributed by atoms with E-state index in [2.05, 4.69) is 56.5 Å². The average Bonchev–Trinajstić information content (AvgIpc) is 2.38. The smallest absolute Gasteiger partial charge is 0.0450 e. The van der Waals surface area contributed by atoms with Gasteiger partial charge in [-0.1, -0.05) is 45.8 Å². The lowest BCUT2D eigenvalue weighted by atomic mass is 10.1. The molecule has 0 bridgehead atoms. The zero-order valence-electron chi connectivity index (χ0n) is 9.32. The molecule has 1 saturated heterocycles. The Morgan fingerprint density at radius 3 is 2.44 bits per heavy atom. The molecule has 0 saturated carbocycles. The molecule has 1 aliphatic rings. The molecular weight excluding hydrogens is 281 g/mol. The summed E-state index contributed by atoms with van der Waals surface area (Å²) in [5.41, 5.74) is 2.74. The van der Waals surface area contributed by atoms with Gasteiger partial charge in [-0.2, -0.15) is 0 Å². The summed E-state index contributed by atoms with van der Waals surface area (Å²) in [5, 5.41) is 0. The Morgan fingerprint density at radius 2 is 1.81 bits per heavy atom. The van der Waals surface area contributed by atoms with Gasteiger partial charge in [0.25, 0.3) is 0 Å². The molecule has 1 aromatic rings. The highest BCUT2D eigenvalue weighted by Gasteiger charge is 2.14. The first-order valence-electron chi connectivity index (χ1n) is 5.78. The number of hydrogen-bond donors (Lipinski definition) is 0. The van der Waals surface area contributed by atoms with Crippen molar-refractivity contribution in [3.8, 4) is 0 Å². The van der Waals surface area contributed by atoms with E-state index in [0.29, 0.717) is 7.28 Å². The lowest BCUT2D eigenvalue weighted by molar-refractivity contribution is 0.326. The minimum atomic E-state index is 0.697. The fourth-order valence-corrected chi connectivity index (χ4v) is 3.26. The molecular formula is C13H17BrNP. The van der Waals surface area contributed by atoms with Crippen molar-refractivity contribution < 1.29 is 0 Å². The fraction of sp³-hybridized carbons (Fsp3) is 0.385. The van der Waals surface area contributed by atoms with Gasteiger partial charge in [0, 0.05) is 18.8 Å². The summed E-state index contributed by atoms with van der Waals surface area (Å²) in [7, 11) is 0.697. The quantitative estimate of drug-likeness (QED) is 0.745. The summed E-state index contributed by atoms with van der Waals surface area (Å²) in [6.07, 6.45) is 4.04. The predicted octanol–water partition coefficient (Wildman–Crippen LogP) is 4.46. The van der Waals surface area contributed by atoms with Crippen molar-refractivity contribution in [2.75, 3.05) is 13.1 Å². The van der Waals surface area contributed by atoms with Crippen molar-refractivity contribution in [2.24, 2.45) is 0 Å². The van der Waals surface area contributed by atoms with Gasteiger partial charge in [-0.25, -0.2) is 0 Å². The number of rotatable bonds is 3. The van der Waals surface area contributed by atoms with Crippen LogP contribution >= 0.6 is 22.8 Å². The van der Waals surface area contributed by atoms with Crippen LogP contribution in [0.4, 0.5) is 0 Å². The Labute approximate surface area is 107 Å². The Bertz CT molecular complexity index is 344. The summed E-state index contributed by atoms with van der Waals surface area (Å²) < 4.78 is 0. The topological polar surface area (TPSA) is 3.24 Å². The molecule has 0 aliphatic carbocycles. The first-order valence-corrected chi connectivity index (χ1v) is 9.12. The molecule has 0 amide bonds. The van der Waals surface area contributed by atoms with Crippen LogP contribution in [0.25, 0.3) is 5.70 Å². The maximum absolute atomic E-state index is 3.54. The zero-order chi connectivity index (χ0) is 11.2. The summed E-state index contributed by atoms with van der Waals surface area (Å²) in [4.78, 5) is 2.52. The molecule has 1 aromatic carbocycles. The van der Waals surface area contributed by atoms with E-state index < -0.39 is 0 Å². The van der Waals surface area contributed by atoms with Crippen molar-refractivity contribution in [2.45, 2.75) is 19.3 Å². The van der Waals surface area contributed by atoms with Crippen molar-refractivity contribution in [3.63, 3.8) is 0 Å². The van der Waals surface area contributed by atoms with E-state index in [1.807, 2.05) is 0 Å². The molecule has 2 rings (SSSR count). The zero-order valence-corrected chi connectivity index (χ0v) is 11.9. The number of likely N-dealkylation sites (tertiary alicyclic amines) is 1. The molecule has 1 fully saturated rings. The van der Waals surface area contributed by atoms with Gasteiger partial charge in [-0.15, -0.1) is 0 Å². The number of hydrogen-bond acceptors (Lipinski definition) is 1. The van der Waals surface area contributed by atoms with Crippen molar-refractivity contribution in [3.05, 3.63) is 41.7 Å². The van der Waals surface area contributed by atoms with E-state index in [4.69, 9.17) is 0 Å². The van der Waals surface area contributed by atoms with Gasteiger partial charge in [-0.05, 0) is 37.9 Å². The fourth-order valence-electron chi connectivity index (χ4n) is 2.15. The van der Waals surface area contributed by atoms with Crippen LogP contribution in [-0.2, 0) is 0 Å². The molecule has 3 heteroatoms. The average molecular weight is 298 g/mol. The van der Waals surface area contributed by atoms with Gasteiger partial charge in [0.1, 0.15) is 0 Å². The molecule has 0 N–H and O–H groups in total. The molecule has 16 heavy (non-hydrogen) atoms. The molecule has 1 unspecified atom stereocenters. The highest BCUT2D eigenvalue weighted by Crippen LogP contribution is 2.31. The number of benzene rings is 1. The molecule has 1 nitrogen and oxygen atoms in total. The number of halogens is 1. The largest absolute Gasteiger partial charge is 0.371 e. The summed E-state index contributed by atoms with van der Waals surface area (Å²) in [6.45, 7) is 2.41. The second kappa shape index (κ2) is 6.42. The Hall–Kier alpha value is -0.330. The molecule has 86 valence electrons. The van der Waals surface area contributed by atoms with Gasteiger partial charge in [0.15, 0.2) is 0 Å². The molecule has 1 heterocycles. The van der Waals surface area contributed by atoms with Crippen LogP contribution in [0.5, 0.6) is 0 Å². The van der Waals surface area contributed by atoms with Crippen molar-refractivity contribution in [1.82, 2.24) is 4.90 Å². The summed E-state index contributed by atoms with van der Waals surface area (Å²) in [5.74, 6) is 2.31. The van der Waals surface area contributed by atoms with Crippen LogP contribution in [0.1, 0.15) is 24.8 Å². The lowest BCUT2D eigenvalue weighted by Crippen LogP contribution is -2.28. The Balaban J connectivity index is 2.20. The third-order valence-electron chi connectivity index (χ3n) is 2.96. The minimum absolute atomic E-state index is 0.697. The van der Waals surface area contributed by atoms with Crippen molar-refractivity contribution in [1.29, 1.82) is 0 Å². The van der Waals surface area contributed by atoms with Crippen LogP contribution in [0, 0.1) is 0 Å². The maximum atomic E-state index is 3.54. The first-order chi connectivity index (χ1) is 7.92. The number of nitrogens with zero attached hydrogens (tertiary/aromatic N) is 1. The molecule has 1 aliphatic heterocycles. The number of piperidine rings is 1. The summed E-state index contributed by atoms with van der Waals surface area (Å²) in [6, 6.07) is 10.7. The standard InChI is InChI=1S/C13H17BrNP/c14-16-11-13(12-7-3-1-4-8-12)15-9-5-2-6-10-15/h1,3-4,7-8,11,16H,2,5-6,9-10H2. The molecule has 0 aromatic heterocycles. The van der Waals surface area contributed by atoms with Gasteiger partial charge < -0.3 is 4.90 Å². The van der Waals surface area contributed by atoms with E-state index in [1.54, 1.807) is 0 Å². The highest BCUT2D eigenvalue weighted by molar-refractivity contribution is 9.37. The van der Waals surface area contributed by atoms with Crippen LogP contribution in [0.3, 0.4) is 0 Å². The van der Waals surface area contributed by atoms with E-state index in [9.17, 15) is 0 Å². The third-order valence-corrected chi connectivity index (χ3v) is 4.03. The van der Waals surface area contributed by atoms with Crippen LogP contribution in [0.2, 0.25) is 0 Å².